The van der Waals surface area contributed by atoms with Gasteiger partial charge in [0.2, 0.25) is 0 Å². The molecule has 1 heterocycles. The van der Waals surface area contributed by atoms with E-state index in [-0.39, 0.29) is 11.7 Å². The molecule has 1 atom stereocenters. The SMILES string of the molecule is Clc1cccc(Cl)c1NCC1CCC2(CCCCC2)O1. The predicted octanol–water partition coefficient (Wildman–Crippen LogP) is 5.29. The van der Waals surface area contributed by atoms with E-state index in [4.69, 9.17) is 27.9 Å². The highest BCUT2D eigenvalue weighted by Gasteiger charge is 2.40. The van der Waals surface area contributed by atoms with Gasteiger partial charge in [0.15, 0.2) is 0 Å². The molecule has 0 radical (unpaired) electrons. The number of para-hydroxylation sites is 1. The predicted molar refractivity (Wildman–Crippen MR) is 84.9 cm³/mol. The number of halogens is 2. The van der Waals surface area contributed by atoms with Gasteiger partial charge < -0.3 is 10.1 Å². The first-order valence-corrected chi connectivity index (χ1v) is 8.30. The highest BCUT2D eigenvalue weighted by molar-refractivity contribution is 6.39. The second kappa shape index (κ2) is 6.13. The molecule has 1 spiro atoms. The molecule has 20 heavy (non-hydrogen) atoms. The third kappa shape index (κ3) is 3.08. The van der Waals surface area contributed by atoms with Crippen LogP contribution in [0.2, 0.25) is 10.0 Å². The Morgan fingerprint density at radius 2 is 1.80 bits per heavy atom. The average molecular weight is 314 g/mol. The van der Waals surface area contributed by atoms with Crippen LogP contribution in [-0.4, -0.2) is 18.2 Å². The molecule has 0 aromatic heterocycles. The molecule has 4 heteroatoms. The lowest BCUT2D eigenvalue weighted by Gasteiger charge is -2.33. The van der Waals surface area contributed by atoms with Crippen LogP contribution in [0.5, 0.6) is 0 Å². The number of hydrogen-bond acceptors (Lipinski definition) is 2. The van der Waals surface area contributed by atoms with Gasteiger partial charge in [-0.1, -0.05) is 48.5 Å². The summed E-state index contributed by atoms with van der Waals surface area (Å²) in [6.45, 7) is 0.783. The molecule has 1 aliphatic heterocycles. The normalized spacial score (nSPS) is 25.0. The lowest BCUT2D eigenvalue weighted by molar-refractivity contribution is -0.0588. The number of anilines is 1. The summed E-state index contributed by atoms with van der Waals surface area (Å²) in [5.41, 5.74) is 0.999. The number of hydrogen-bond donors (Lipinski definition) is 1. The van der Waals surface area contributed by atoms with Gasteiger partial charge >= 0.3 is 0 Å². The molecule has 2 aliphatic rings. The fraction of sp³-hybridized carbons (Fsp3) is 0.625. The summed E-state index contributed by atoms with van der Waals surface area (Å²) in [7, 11) is 0. The van der Waals surface area contributed by atoms with Crippen molar-refractivity contribution in [3.05, 3.63) is 28.2 Å². The Morgan fingerprint density at radius 3 is 2.50 bits per heavy atom. The first kappa shape index (κ1) is 14.5. The number of rotatable bonds is 3. The summed E-state index contributed by atoms with van der Waals surface area (Å²) in [6.07, 6.45) is 9.08. The van der Waals surface area contributed by atoms with Gasteiger partial charge in [0.05, 0.1) is 27.4 Å². The smallest absolute Gasteiger partial charge is 0.0756 e. The summed E-state index contributed by atoms with van der Waals surface area (Å²) in [5, 5.41) is 4.69. The molecular weight excluding hydrogens is 293 g/mol. The first-order chi connectivity index (χ1) is 9.69. The summed E-state index contributed by atoms with van der Waals surface area (Å²) in [5.74, 6) is 0. The van der Waals surface area contributed by atoms with Crippen molar-refractivity contribution in [2.24, 2.45) is 0 Å². The van der Waals surface area contributed by atoms with Crippen LogP contribution in [0.3, 0.4) is 0 Å². The molecule has 2 nitrogen and oxygen atoms in total. The topological polar surface area (TPSA) is 21.3 Å². The summed E-state index contributed by atoms with van der Waals surface area (Å²) >= 11 is 12.3. The van der Waals surface area contributed by atoms with E-state index in [2.05, 4.69) is 5.32 Å². The molecule has 1 aromatic rings. The first-order valence-electron chi connectivity index (χ1n) is 7.54. The minimum Gasteiger partial charge on any atom is -0.380 e. The number of benzene rings is 1. The van der Waals surface area contributed by atoms with Crippen molar-refractivity contribution < 1.29 is 4.74 Å². The number of ether oxygens (including phenoxy) is 1. The molecule has 110 valence electrons. The molecule has 2 fully saturated rings. The highest BCUT2D eigenvalue weighted by atomic mass is 35.5. The summed E-state index contributed by atoms with van der Waals surface area (Å²) < 4.78 is 6.34. The van der Waals surface area contributed by atoms with Gasteiger partial charge in [0, 0.05) is 6.54 Å². The maximum absolute atomic E-state index is 6.34. The van der Waals surface area contributed by atoms with Gasteiger partial charge in [-0.3, -0.25) is 0 Å². The van der Waals surface area contributed by atoms with E-state index < -0.39 is 0 Å². The molecule has 1 unspecified atom stereocenters. The van der Waals surface area contributed by atoms with Crippen LogP contribution in [0.1, 0.15) is 44.9 Å². The van der Waals surface area contributed by atoms with Crippen molar-refractivity contribution in [2.45, 2.75) is 56.7 Å². The number of nitrogens with one attached hydrogen (secondary N) is 1. The van der Waals surface area contributed by atoms with Crippen molar-refractivity contribution in [3.8, 4) is 0 Å². The molecule has 3 rings (SSSR count). The van der Waals surface area contributed by atoms with Gasteiger partial charge in [-0.25, -0.2) is 0 Å². The maximum atomic E-state index is 6.34. The van der Waals surface area contributed by atoms with Crippen LogP contribution in [-0.2, 0) is 4.74 Å². The Morgan fingerprint density at radius 1 is 1.10 bits per heavy atom. The average Bonchev–Trinajstić information content (AvgIpc) is 2.82. The van der Waals surface area contributed by atoms with Gasteiger partial charge in [-0.15, -0.1) is 0 Å². The van der Waals surface area contributed by atoms with Crippen molar-refractivity contribution in [2.75, 3.05) is 11.9 Å². The van der Waals surface area contributed by atoms with E-state index in [0.717, 1.165) is 18.7 Å². The van der Waals surface area contributed by atoms with Crippen LogP contribution in [0.4, 0.5) is 5.69 Å². The zero-order valence-electron chi connectivity index (χ0n) is 11.6. The van der Waals surface area contributed by atoms with Crippen molar-refractivity contribution >= 4 is 28.9 Å². The molecule has 1 aromatic carbocycles. The van der Waals surface area contributed by atoms with E-state index in [9.17, 15) is 0 Å². The molecule has 1 aliphatic carbocycles. The van der Waals surface area contributed by atoms with Crippen LogP contribution < -0.4 is 5.32 Å². The van der Waals surface area contributed by atoms with E-state index in [0.29, 0.717) is 10.0 Å². The van der Waals surface area contributed by atoms with Crippen molar-refractivity contribution in [1.29, 1.82) is 0 Å². The molecule has 1 saturated carbocycles. The summed E-state index contributed by atoms with van der Waals surface area (Å²) in [6, 6.07) is 5.57. The van der Waals surface area contributed by atoms with Crippen LogP contribution in [0.15, 0.2) is 18.2 Å². The van der Waals surface area contributed by atoms with Crippen LogP contribution in [0, 0.1) is 0 Å². The van der Waals surface area contributed by atoms with Gasteiger partial charge in [0.25, 0.3) is 0 Å². The van der Waals surface area contributed by atoms with E-state index in [1.54, 1.807) is 0 Å². The monoisotopic (exact) mass is 313 g/mol. The Bertz CT molecular complexity index is 451. The minimum absolute atomic E-state index is 0.175. The zero-order valence-corrected chi connectivity index (χ0v) is 13.1. The Kier molecular flexibility index (Phi) is 4.44. The maximum Gasteiger partial charge on any atom is 0.0756 e. The quantitative estimate of drug-likeness (QED) is 0.819. The molecule has 0 bridgehead atoms. The third-order valence-corrected chi connectivity index (χ3v) is 5.20. The van der Waals surface area contributed by atoms with E-state index in [1.807, 2.05) is 18.2 Å². The lowest BCUT2D eigenvalue weighted by atomic mass is 9.83. The minimum atomic E-state index is 0.175. The largest absolute Gasteiger partial charge is 0.380 e. The zero-order chi connectivity index (χ0) is 14.0. The lowest BCUT2D eigenvalue weighted by Crippen LogP contribution is -2.33. The molecule has 1 N–H and O–H groups in total. The van der Waals surface area contributed by atoms with Crippen LogP contribution in [0.25, 0.3) is 0 Å². The molecule has 0 amide bonds. The fourth-order valence-electron chi connectivity index (χ4n) is 3.49. The Labute approximate surface area is 130 Å². The fourth-order valence-corrected chi connectivity index (χ4v) is 4.02. The highest BCUT2D eigenvalue weighted by Crippen LogP contribution is 2.42. The van der Waals surface area contributed by atoms with Crippen molar-refractivity contribution in [1.82, 2.24) is 0 Å². The van der Waals surface area contributed by atoms with Crippen LogP contribution >= 0.6 is 23.2 Å². The van der Waals surface area contributed by atoms with E-state index >= 15 is 0 Å². The van der Waals surface area contributed by atoms with Gasteiger partial charge in [-0.05, 0) is 37.8 Å². The molecular formula is C16H21Cl2NO. The summed E-state index contributed by atoms with van der Waals surface area (Å²) in [4.78, 5) is 0. The van der Waals surface area contributed by atoms with Crippen molar-refractivity contribution in [3.63, 3.8) is 0 Å². The standard InChI is InChI=1S/C16H21Cl2NO/c17-13-5-4-6-14(18)15(13)19-11-12-7-10-16(20-12)8-2-1-3-9-16/h4-6,12,19H,1-3,7-11H2. The molecule has 1 saturated heterocycles. The second-order valence-corrected chi connectivity index (χ2v) is 6.81. The van der Waals surface area contributed by atoms with Gasteiger partial charge in [-0.2, -0.15) is 0 Å². The Hall–Kier alpha value is -0.440. The Balaban J connectivity index is 1.57. The van der Waals surface area contributed by atoms with Gasteiger partial charge in [0.1, 0.15) is 0 Å². The second-order valence-electron chi connectivity index (χ2n) is 6.00. The van der Waals surface area contributed by atoms with E-state index in [1.165, 1.54) is 38.5 Å². The third-order valence-electron chi connectivity index (χ3n) is 4.57.